The van der Waals surface area contributed by atoms with Crippen LogP contribution in [0.15, 0.2) is 288 Å². The molecule has 6 nitrogen and oxygen atoms in total. The van der Waals surface area contributed by atoms with Gasteiger partial charge in [-0.3, -0.25) is 0 Å². The van der Waals surface area contributed by atoms with Crippen LogP contribution in [0.5, 0.6) is 0 Å². The van der Waals surface area contributed by atoms with Crippen LogP contribution in [0.1, 0.15) is 0 Å². The zero-order chi connectivity index (χ0) is 52.9. The Labute approximate surface area is 461 Å². The molecule has 80 heavy (non-hydrogen) atoms. The smallest absolute Gasteiger partial charge is 0.180 e. The van der Waals surface area contributed by atoms with Crippen molar-refractivity contribution in [3.8, 4) is 112 Å². The predicted molar refractivity (Wildman–Crippen MR) is 327 cm³/mol. The highest BCUT2D eigenvalue weighted by molar-refractivity contribution is 6.08. The average Bonchev–Trinajstić information content (AvgIpc) is 4.14. The van der Waals surface area contributed by atoms with Crippen LogP contribution < -0.4 is 0 Å². The zero-order valence-corrected chi connectivity index (χ0v) is 43.2. The van der Waals surface area contributed by atoms with Crippen LogP contribution in [-0.2, 0) is 0 Å². The predicted octanol–water partition coefficient (Wildman–Crippen LogP) is 19.7. The van der Waals surface area contributed by atoms with Gasteiger partial charge < -0.3 is 8.83 Å². The molecule has 0 N–H and O–H groups in total. The largest absolute Gasteiger partial charge is 0.452 e. The quantitative estimate of drug-likeness (QED) is 0.136. The lowest BCUT2D eigenvalue weighted by Gasteiger charge is -2.14. The van der Waals surface area contributed by atoms with Crippen LogP contribution in [-0.4, -0.2) is 19.9 Å². The fourth-order valence-electron chi connectivity index (χ4n) is 11.0. The lowest BCUT2D eigenvalue weighted by Crippen LogP contribution is -1.94. The Bertz CT molecular complexity index is 4800. The number of hydrogen-bond acceptors (Lipinski definition) is 6. The molecule has 0 atom stereocenters. The Balaban J connectivity index is 0.805. The van der Waals surface area contributed by atoms with Gasteiger partial charge in [0.1, 0.15) is 33.6 Å². The second-order valence-corrected chi connectivity index (χ2v) is 20.1. The van der Waals surface area contributed by atoms with Gasteiger partial charge in [0, 0.05) is 33.0 Å². The maximum atomic E-state index is 6.53. The summed E-state index contributed by atoms with van der Waals surface area (Å²) in [5.41, 5.74) is 23.0. The zero-order valence-electron chi connectivity index (χ0n) is 43.2. The van der Waals surface area contributed by atoms with E-state index in [2.05, 4.69) is 231 Å². The lowest BCUT2D eigenvalue weighted by atomic mass is 9.91. The summed E-state index contributed by atoms with van der Waals surface area (Å²) in [7, 11) is 0. The Morgan fingerprint density at radius 1 is 0.200 bits per heavy atom. The van der Waals surface area contributed by atoms with Gasteiger partial charge in [0.2, 0.25) is 0 Å². The van der Waals surface area contributed by atoms with Crippen molar-refractivity contribution < 1.29 is 8.83 Å². The van der Waals surface area contributed by atoms with Gasteiger partial charge in [0.25, 0.3) is 0 Å². The van der Waals surface area contributed by atoms with Crippen molar-refractivity contribution in [2.24, 2.45) is 0 Å². The molecule has 0 spiro atoms. The fourth-order valence-corrected chi connectivity index (χ4v) is 11.0. The third-order valence-electron chi connectivity index (χ3n) is 15.1. The maximum absolute atomic E-state index is 6.53. The molecule has 4 heterocycles. The first kappa shape index (κ1) is 46.5. The number of nitrogens with zero attached hydrogens (tertiary/aromatic N) is 4. The Hall–Kier alpha value is -10.8. The molecule has 0 bridgehead atoms. The first-order valence-corrected chi connectivity index (χ1v) is 26.8. The Morgan fingerprint density at radius 2 is 0.475 bits per heavy atom. The summed E-state index contributed by atoms with van der Waals surface area (Å²) >= 11 is 0. The van der Waals surface area contributed by atoms with Crippen molar-refractivity contribution in [1.29, 1.82) is 0 Å². The fraction of sp³-hybridized carbons (Fsp3) is 0. The van der Waals surface area contributed by atoms with Crippen molar-refractivity contribution in [3.05, 3.63) is 279 Å². The minimum Gasteiger partial charge on any atom is -0.452 e. The molecule has 15 rings (SSSR count). The van der Waals surface area contributed by atoms with E-state index in [1.54, 1.807) is 0 Å². The van der Waals surface area contributed by atoms with E-state index in [1.807, 2.05) is 48.5 Å². The van der Waals surface area contributed by atoms with Gasteiger partial charge in [-0.25, -0.2) is 19.9 Å². The van der Waals surface area contributed by atoms with Crippen molar-refractivity contribution in [1.82, 2.24) is 19.9 Å². The lowest BCUT2D eigenvalue weighted by molar-refractivity contribution is 0.667. The van der Waals surface area contributed by atoms with Gasteiger partial charge in [-0.15, -0.1) is 0 Å². The van der Waals surface area contributed by atoms with Gasteiger partial charge in [-0.1, -0.05) is 218 Å². The Morgan fingerprint density at radius 3 is 0.887 bits per heavy atom. The molecule has 11 aromatic carbocycles. The van der Waals surface area contributed by atoms with Crippen LogP contribution >= 0.6 is 0 Å². The number of aromatic nitrogens is 4. The first-order valence-electron chi connectivity index (χ1n) is 26.8. The molecule has 6 heteroatoms. The monoisotopic (exact) mass is 1020 g/mol. The van der Waals surface area contributed by atoms with E-state index in [0.29, 0.717) is 22.8 Å². The molecule has 4 aromatic heterocycles. The van der Waals surface area contributed by atoms with E-state index in [9.17, 15) is 0 Å². The van der Waals surface area contributed by atoms with E-state index in [1.165, 1.54) is 0 Å². The maximum Gasteiger partial charge on any atom is 0.180 e. The standard InChI is InChI=1S/C74H46N4O2/c1-4-17-47(18-5-1)50-33-37-52(38-34-50)67-71-69(63-29-10-12-31-65(63)79-71)77-73(75-67)58-27-15-24-55(42-58)54-23-14-25-56(41-54)61-44-60(49-21-8-3-9-22-49)45-62(46-61)57-26-16-28-59(43-57)74-76-68(72-70(78-74)64-30-11-13-32-66(64)80-72)53-39-35-51(36-40-53)48-19-6-2-7-20-48/h1-46H. The summed E-state index contributed by atoms with van der Waals surface area (Å²) in [6.45, 7) is 0. The van der Waals surface area contributed by atoms with Crippen LogP contribution in [0.2, 0.25) is 0 Å². The molecule has 0 saturated carbocycles. The molecule has 0 aliphatic heterocycles. The molecule has 374 valence electrons. The van der Waals surface area contributed by atoms with Crippen LogP contribution in [0.4, 0.5) is 0 Å². The molecule has 15 aromatic rings. The highest BCUT2D eigenvalue weighted by atomic mass is 16.3. The minimum atomic E-state index is 0.625. The van der Waals surface area contributed by atoms with E-state index in [-0.39, 0.29) is 0 Å². The number of hydrogen-bond donors (Lipinski definition) is 0. The number of benzene rings is 11. The highest BCUT2D eigenvalue weighted by Gasteiger charge is 2.21. The molecular formula is C74H46N4O2. The third-order valence-corrected chi connectivity index (χ3v) is 15.1. The van der Waals surface area contributed by atoms with Crippen molar-refractivity contribution in [2.75, 3.05) is 0 Å². The van der Waals surface area contributed by atoms with E-state index in [0.717, 1.165) is 133 Å². The summed E-state index contributed by atoms with van der Waals surface area (Å²) in [4.78, 5) is 21.1. The van der Waals surface area contributed by atoms with Gasteiger partial charge in [-0.05, 0) is 127 Å². The van der Waals surface area contributed by atoms with Crippen LogP contribution in [0, 0.1) is 0 Å². The SMILES string of the molecule is c1ccc(-c2ccc(-c3nc(-c4cccc(-c5cccc(-c6cc(-c7ccccc7)cc(-c7cccc(-c8nc(-c9ccc(-c%10ccccc%10)cc9)c9oc%10ccccc%10c9n8)c7)c6)c5)c4)nc4c3oc3ccccc34)cc2)cc1. The second kappa shape index (κ2) is 19.6. The molecule has 0 amide bonds. The second-order valence-electron chi connectivity index (χ2n) is 20.1. The van der Waals surface area contributed by atoms with Crippen molar-refractivity contribution >= 4 is 44.1 Å². The molecule has 0 radical (unpaired) electrons. The molecule has 0 aliphatic carbocycles. The summed E-state index contributed by atoms with van der Waals surface area (Å²) in [6, 6.07) is 97.4. The van der Waals surface area contributed by atoms with E-state index >= 15 is 0 Å². The van der Waals surface area contributed by atoms with Gasteiger partial charge in [0.15, 0.2) is 22.8 Å². The average molecular weight is 1020 g/mol. The Kier molecular flexibility index (Phi) is 11.4. The molecule has 0 saturated heterocycles. The van der Waals surface area contributed by atoms with Gasteiger partial charge in [0.05, 0.1) is 0 Å². The number of fused-ring (bicyclic) bond motifs is 6. The number of furan rings is 2. The number of rotatable bonds is 10. The minimum absolute atomic E-state index is 0.625. The summed E-state index contributed by atoms with van der Waals surface area (Å²) in [5, 5.41) is 1.90. The molecule has 0 aliphatic rings. The number of para-hydroxylation sites is 2. The van der Waals surface area contributed by atoms with Gasteiger partial charge in [-0.2, -0.15) is 0 Å². The van der Waals surface area contributed by atoms with Crippen LogP contribution in [0.3, 0.4) is 0 Å². The van der Waals surface area contributed by atoms with Gasteiger partial charge >= 0.3 is 0 Å². The normalized spacial score (nSPS) is 11.5. The summed E-state index contributed by atoms with van der Waals surface area (Å²) in [6.07, 6.45) is 0. The summed E-state index contributed by atoms with van der Waals surface area (Å²) < 4.78 is 13.0. The van der Waals surface area contributed by atoms with E-state index < -0.39 is 0 Å². The van der Waals surface area contributed by atoms with Crippen molar-refractivity contribution in [2.45, 2.75) is 0 Å². The highest BCUT2D eigenvalue weighted by Crippen LogP contribution is 2.41. The first-order chi connectivity index (χ1) is 39.6. The molecular weight excluding hydrogens is 977 g/mol. The molecule has 0 unspecified atom stereocenters. The topological polar surface area (TPSA) is 77.8 Å². The van der Waals surface area contributed by atoms with Crippen molar-refractivity contribution in [3.63, 3.8) is 0 Å². The van der Waals surface area contributed by atoms with Crippen LogP contribution in [0.25, 0.3) is 156 Å². The van der Waals surface area contributed by atoms with E-state index in [4.69, 9.17) is 28.8 Å². The third kappa shape index (κ3) is 8.58. The summed E-state index contributed by atoms with van der Waals surface area (Å²) in [5.74, 6) is 1.25. The molecule has 0 fully saturated rings.